The highest BCUT2D eigenvalue weighted by atomic mass is 14.8. The molecule has 0 aliphatic heterocycles. The van der Waals surface area contributed by atoms with Gasteiger partial charge >= 0.3 is 0 Å². The largest absolute Gasteiger partial charge is 0.330 e. The summed E-state index contributed by atoms with van der Waals surface area (Å²) in [4.78, 5) is 0. The van der Waals surface area contributed by atoms with E-state index in [1.165, 1.54) is 12.8 Å². The van der Waals surface area contributed by atoms with Gasteiger partial charge in [-0.15, -0.1) is 0 Å². The van der Waals surface area contributed by atoms with E-state index in [9.17, 15) is 0 Å². The highest BCUT2D eigenvalue weighted by Crippen LogP contribution is 2.73. The van der Waals surface area contributed by atoms with Gasteiger partial charge in [-0.2, -0.15) is 0 Å². The first-order chi connectivity index (χ1) is 5.03. The molecule has 2 aliphatic carbocycles. The molecule has 3 atom stereocenters. The molecule has 0 aromatic heterocycles. The molecule has 0 bridgehead atoms. The number of nitrogens with two attached hydrogens (primary N) is 1. The van der Waals surface area contributed by atoms with Crippen molar-refractivity contribution in [1.82, 2.24) is 0 Å². The van der Waals surface area contributed by atoms with Crippen molar-refractivity contribution in [3.05, 3.63) is 0 Å². The quantitative estimate of drug-likeness (QED) is 0.645. The van der Waals surface area contributed by atoms with Gasteiger partial charge in [-0.1, -0.05) is 20.8 Å². The lowest BCUT2D eigenvalue weighted by Gasteiger charge is -2.17. The van der Waals surface area contributed by atoms with Crippen LogP contribution in [0.4, 0.5) is 0 Å². The van der Waals surface area contributed by atoms with Crippen molar-refractivity contribution in [3.63, 3.8) is 0 Å². The minimum Gasteiger partial charge on any atom is -0.330 e. The summed E-state index contributed by atoms with van der Waals surface area (Å²) < 4.78 is 0. The van der Waals surface area contributed by atoms with E-state index >= 15 is 0 Å². The standard InChI is InChI=1S/C10H19N/c1-7-4-8(7)10(6-11)5-9(10,2)3/h7-8H,4-6,11H2,1-3H3. The maximum Gasteiger partial charge on any atom is -0.00124 e. The summed E-state index contributed by atoms with van der Waals surface area (Å²) in [5.41, 5.74) is 6.95. The Kier molecular flexibility index (Phi) is 1.26. The Labute approximate surface area is 69.4 Å². The molecule has 0 aromatic rings. The van der Waals surface area contributed by atoms with Crippen molar-refractivity contribution in [3.8, 4) is 0 Å². The van der Waals surface area contributed by atoms with E-state index in [1.54, 1.807) is 0 Å². The predicted octanol–water partition coefficient (Wildman–Crippen LogP) is 2.02. The molecule has 1 nitrogen and oxygen atoms in total. The lowest BCUT2D eigenvalue weighted by Crippen LogP contribution is -2.23. The average molecular weight is 153 g/mol. The van der Waals surface area contributed by atoms with Gasteiger partial charge in [0, 0.05) is 0 Å². The Morgan fingerprint density at radius 2 is 1.91 bits per heavy atom. The van der Waals surface area contributed by atoms with Gasteiger partial charge in [0.15, 0.2) is 0 Å². The summed E-state index contributed by atoms with van der Waals surface area (Å²) in [6.07, 6.45) is 2.80. The van der Waals surface area contributed by atoms with E-state index in [-0.39, 0.29) is 0 Å². The molecule has 0 amide bonds. The molecule has 2 fully saturated rings. The van der Waals surface area contributed by atoms with Crippen LogP contribution in [0.15, 0.2) is 0 Å². The SMILES string of the molecule is CC1CC1C1(CN)CC1(C)C. The van der Waals surface area contributed by atoms with Crippen LogP contribution in [0.1, 0.15) is 33.6 Å². The topological polar surface area (TPSA) is 26.0 Å². The number of hydrogen-bond acceptors (Lipinski definition) is 1. The minimum atomic E-state index is 0.548. The van der Waals surface area contributed by atoms with Gasteiger partial charge in [0.25, 0.3) is 0 Å². The van der Waals surface area contributed by atoms with Crippen LogP contribution in [0.25, 0.3) is 0 Å². The summed E-state index contributed by atoms with van der Waals surface area (Å²) in [7, 11) is 0. The smallest absolute Gasteiger partial charge is 0.00124 e. The predicted molar refractivity (Wildman–Crippen MR) is 47.2 cm³/mol. The minimum absolute atomic E-state index is 0.548. The molecular weight excluding hydrogens is 134 g/mol. The highest BCUT2D eigenvalue weighted by Gasteiger charge is 2.68. The third kappa shape index (κ3) is 0.807. The molecule has 0 aromatic carbocycles. The summed E-state index contributed by atoms with van der Waals surface area (Å²) in [6, 6.07) is 0. The molecule has 11 heavy (non-hydrogen) atoms. The summed E-state index contributed by atoms with van der Waals surface area (Å²) in [6.45, 7) is 8.00. The Bertz CT molecular complexity index is 185. The maximum absolute atomic E-state index is 5.85. The molecule has 2 aliphatic rings. The van der Waals surface area contributed by atoms with Crippen molar-refractivity contribution < 1.29 is 0 Å². The normalized spacial score (nSPS) is 52.4. The van der Waals surface area contributed by atoms with Crippen LogP contribution in [-0.2, 0) is 0 Å². The second kappa shape index (κ2) is 1.82. The van der Waals surface area contributed by atoms with Gasteiger partial charge in [-0.05, 0) is 42.1 Å². The van der Waals surface area contributed by atoms with Crippen molar-refractivity contribution >= 4 is 0 Å². The molecule has 1 heteroatoms. The van der Waals surface area contributed by atoms with E-state index in [0.717, 1.165) is 18.4 Å². The third-order valence-corrected chi connectivity index (χ3v) is 4.16. The Hall–Kier alpha value is -0.0400. The van der Waals surface area contributed by atoms with Gasteiger partial charge in [0.1, 0.15) is 0 Å². The molecule has 2 rings (SSSR count). The average Bonchev–Trinajstić information content (AvgIpc) is 2.72. The van der Waals surface area contributed by atoms with Gasteiger partial charge in [0.05, 0.1) is 0 Å². The van der Waals surface area contributed by atoms with E-state index < -0.39 is 0 Å². The first kappa shape index (κ1) is 7.60. The third-order valence-electron chi connectivity index (χ3n) is 4.16. The first-order valence-electron chi connectivity index (χ1n) is 4.73. The zero-order valence-corrected chi connectivity index (χ0v) is 7.85. The number of rotatable bonds is 2. The van der Waals surface area contributed by atoms with Crippen molar-refractivity contribution in [1.29, 1.82) is 0 Å². The molecule has 0 saturated heterocycles. The van der Waals surface area contributed by atoms with Crippen LogP contribution in [0.3, 0.4) is 0 Å². The second-order valence-electron chi connectivity index (χ2n) is 5.24. The highest BCUT2D eigenvalue weighted by molar-refractivity contribution is 5.18. The Balaban J connectivity index is 2.10. The zero-order valence-electron chi connectivity index (χ0n) is 7.85. The van der Waals surface area contributed by atoms with Crippen molar-refractivity contribution in [2.45, 2.75) is 33.6 Å². The maximum atomic E-state index is 5.85. The Morgan fingerprint density at radius 3 is 2.00 bits per heavy atom. The fourth-order valence-corrected chi connectivity index (χ4v) is 2.97. The van der Waals surface area contributed by atoms with E-state index in [0.29, 0.717) is 10.8 Å². The van der Waals surface area contributed by atoms with E-state index in [4.69, 9.17) is 5.73 Å². The first-order valence-corrected chi connectivity index (χ1v) is 4.73. The molecule has 0 spiro atoms. The molecule has 0 radical (unpaired) electrons. The molecule has 0 heterocycles. The monoisotopic (exact) mass is 153 g/mol. The second-order valence-corrected chi connectivity index (χ2v) is 5.24. The van der Waals surface area contributed by atoms with Crippen molar-refractivity contribution in [2.24, 2.45) is 28.4 Å². The van der Waals surface area contributed by atoms with Crippen molar-refractivity contribution in [2.75, 3.05) is 6.54 Å². The van der Waals surface area contributed by atoms with Gasteiger partial charge in [-0.3, -0.25) is 0 Å². The van der Waals surface area contributed by atoms with Crippen LogP contribution < -0.4 is 5.73 Å². The van der Waals surface area contributed by atoms with Crippen LogP contribution in [0.5, 0.6) is 0 Å². The molecular formula is C10H19N. The van der Waals surface area contributed by atoms with E-state index in [1.807, 2.05) is 0 Å². The van der Waals surface area contributed by atoms with Crippen LogP contribution in [-0.4, -0.2) is 6.54 Å². The van der Waals surface area contributed by atoms with Crippen LogP contribution in [0, 0.1) is 22.7 Å². The molecule has 64 valence electrons. The number of hydrogen-bond donors (Lipinski definition) is 1. The Morgan fingerprint density at radius 1 is 1.45 bits per heavy atom. The molecule has 2 N–H and O–H groups in total. The summed E-state index contributed by atoms with van der Waals surface area (Å²) in [5, 5.41) is 0. The lowest BCUT2D eigenvalue weighted by atomic mass is 9.90. The zero-order chi connectivity index (χ0) is 8.28. The summed E-state index contributed by atoms with van der Waals surface area (Å²) in [5.74, 6) is 1.92. The summed E-state index contributed by atoms with van der Waals surface area (Å²) >= 11 is 0. The fraction of sp³-hybridized carbons (Fsp3) is 1.00. The molecule has 2 saturated carbocycles. The molecule has 3 unspecified atom stereocenters. The van der Waals surface area contributed by atoms with Gasteiger partial charge in [0.2, 0.25) is 0 Å². The van der Waals surface area contributed by atoms with Gasteiger partial charge in [-0.25, -0.2) is 0 Å². The fourth-order valence-electron chi connectivity index (χ4n) is 2.97. The van der Waals surface area contributed by atoms with Gasteiger partial charge < -0.3 is 5.73 Å². The lowest BCUT2D eigenvalue weighted by molar-refractivity contribution is 0.331. The van der Waals surface area contributed by atoms with Crippen LogP contribution >= 0.6 is 0 Å². The van der Waals surface area contributed by atoms with E-state index in [2.05, 4.69) is 20.8 Å². The van der Waals surface area contributed by atoms with Crippen LogP contribution in [0.2, 0.25) is 0 Å².